The molecule has 4 aromatic rings. The third-order valence-electron chi connectivity index (χ3n) is 9.29. The minimum atomic E-state index is -0.165. The SMILES string of the molecule is C=C(c1cc(OC)c(OC)c(OC)c1)c1ccc2c(c1)C(CC)(CC)c1cc(C(=C)c3cc(OC)c(OC)c(OC)c3)ccc1-2. The molecule has 0 fully saturated rings. The number of fused-ring (bicyclic) bond motifs is 3. The molecule has 1 aliphatic rings. The maximum Gasteiger partial charge on any atom is 0.203 e. The highest BCUT2D eigenvalue weighted by molar-refractivity contribution is 5.89. The van der Waals surface area contributed by atoms with Crippen LogP contribution in [-0.4, -0.2) is 42.7 Å². The molecule has 0 spiro atoms. The fraction of sp³-hybridized carbons (Fsp3) is 0.282. The molecule has 0 aromatic heterocycles. The van der Waals surface area contributed by atoms with Gasteiger partial charge in [0.2, 0.25) is 11.5 Å². The van der Waals surface area contributed by atoms with Crippen LogP contribution in [-0.2, 0) is 5.41 Å². The molecule has 234 valence electrons. The van der Waals surface area contributed by atoms with Gasteiger partial charge in [0.05, 0.1) is 42.7 Å². The van der Waals surface area contributed by atoms with Crippen LogP contribution in [0, 0.1) is 0 Å². The first-order valence-corrected chi connectivity index (χ1v) is 15.0. The van der Waals surface area contributed by atoms with Crippen LogP contribution >= 0.6 is 0 Å². The van der Waals surface area contributed by atoms with Gasteiger partial charge in [-0.05, 0) is 105 Å². The van der Waals surface area contributed by atoms with Gasteiger partial charge in [0, 0.05) is 5.41 Å². The summed E-state index contributed by atoms with van der Waals surface area (Å²) in [6.07, 6.45) is 1.90. The van der Waals surface area contributed by atoms with Crippen LogP contribution < -0.4 is 28.4 Å². The predicted octanol–water partition coefficient (Wildman–Crippen LogP) is 8.95. The molecule has 6 heteroatoms. The van der Waals surface area contributed by atoms with Crippen molar-refractivity contribution in [3.8, 4) is 45.6 Å². The van der Waals surface area contributed by atoms with E-state index in [0.29, 0.717) is 34.5 Å². The zero-order valence-corrected chi connectivity index (χ0v) is 27.6. The van der Waals surface area contributed by atoms with Crippen LogP contribution in [0.4, 0.5) is 0 Å². The molecule has 0 saturated carbocycles. The normalized spacial score (nSPS) is 12.5. The van der Waals surface area contributed by atoms with Gasteiger partial charge in [0.1, 0.15) is 0 Å². The minimum absolute atomic E-state index is 0.165. The Morgan fingerprint density at radius 2 is 0.822 bits per heavy atom. The molecule has 0 N–H and O–H groups in total. The monoisotopic (exact) mass is 606 g/mol. The Bertz CT molecular complexity index is 1600. The Balaban J connectivity index is 1.58. The summed E-state index contributed by atoms with van der Waals surface area (Å²) in [5.74, 6) is 3.49. The van der Waals surface area contributed by atoms with Crippen LogP contribution in [0.1, 0.15) is 60.1 Å². The van der Waals surface area contributed by atoms with Crippen LogP contribution in [0.3, 0.4) is 0 Å². The zero-order chi connectivity index (χ0) is 32.5. The summed E-state index contributed by atoms with van der Waals surface area (Å²) >= 11 is 0. The molecule has 0 amide bonds. The minimum Gasteiger partial charge on any atom is -0.493 e. The standard InChI is InChI=1S/C39H42O6/c1-11-39(12-2)31-17-25(23(3)27-19-33(40-5)37(44-9)34(20-27)41-6)13-15-29(31)30-16-14-26(18-32(30)39)24(4)28-21-35(42-7)38(45-10)36(22-28)43-8/h13-22H,3-4,11-12H2,1-2,5-10H3. The van der Waals surface area contributed by atoms with Crippen molar-refractivity contribution in [1.82, 2.24) is 0 Å². The van der Waals surface area contributed by atoms with E-state index in [-0.39, 0.29) is 5.41 Å². The number of methoxy groups -OCH3 is 6. The fourth-order valence-corrected chi connectivity index (χ4v) is 6.73. The van der Waals surface area contributed by atoms with Gasteiger partial charge in [-0.15, -0.1) is 0 Å². The molecule has 5 rings (SSSR count). The number of hydrogen-bond donors (Lipinski definition) is 0. The molecule has 0 radical (unpaired) electrons. The summed E-state index contributed by atoms with van der Waals surface area (Å²) in [7, 11) is 9.70. The van der Waals surface area contributed by atoms with E-state index in [0.717, 1.165) is 46.2 Å². The van der Waals surface area contributed by atoms with E-state index in [4.69, 9.17) is 28.4 Å². The van der Waals surface area contributed by atoms with Crippen LogP contribution in [0.15, 0.2) is 73.8 Å². The van der Waals surface area contributed by atoms with Crippen LogP contribution in [0.5, 0.6) is 34.5 Å². The van der Waals surface area contributed by atoms with Gasteiger partial charge < -0.3 is 28.4 Å². The number of ether oxygens (including phenoxy) is 6. The van der Waals surface area contributed by atoms with Crippen molar-refractivity contribution in [2.24, 2.45) is 0 Å². The van der Waals surface area contributed by atoms with Crippen molar-refractivity contribution in [3.05, 3.63) is 107 Å². The lowest BCUT2D eigenvalue weighted by Gasteiger charge is -2.30. The van der Waals surface area contributed by atoms with Crippen molar-refractivity contribution in [2.45, 2.75) is 32.1 Å². The van der Waals surface area contributed by atoms with Crippen molar-refractivity contribution in [2.75, 3.05) is 42.7 Å². The second-order valence-electron chi connectivity index (χ2n) is 11.1. The average Bonchev–Trinajstić information content (AvgIpc) is 3.37. The molecule has 45 heavy (non-hydrogen) atoms. The van der Waals surface area contributed by atoms with Gasteiger partial charge in [0.15, 0.2) is 23.0 Å². The largest absolute Gasteiger partial charge is 0.493 e. The van der Waals surface area contributed by atoms with Crippen molar-refractivity contribution < 1.29 is 28.4 Å². The third kappa shape index (κ3) is 5.08. The van der Waals surface area contributed by atoms with Crippen LogP contribution in [0.2, 0.25) is 0 Å². The summed E-state index contributed by atoms with van der Waals surface area (Å²) in [6.45, 7) is 13.5. The topological polar surface area (TPSA) is 55.4 Å². The second-order valence-corrected chi connectivity index (χ2v) is 11.1. The average molecular weight is 607 g/mol. The Labute approximate surface area is 266 Å². The Morgan fingerprint density at radius 1 is 0.489 bits per heavy atom. The molecule has 0 heterocycles. The first-order valence-electron chi connectivity index (χ1n) is 15.0. The zero-order valence-electron chi connectivity index (χ0n) is 27.6. The fourth-order valence-electron chi connectivity index (χ4n) is 6.73. The second kappa shape index (κ2) is 12.6. The molecule has 0 aliphatic heterocycles. The van der Waals surface area contributed by atoms with E-state index in [9.17, 15) is 0 Å². The van der Waals surface area contributed by atoms with Crippen LogP contribution in [0.25, 0.3) is 22.3 Å². The molecule has 0 bridgehead atoms. The first-order chi connectivity index (χ1) is 21.7. The van der Waals surface area contributed by atoms with E-state index >= 15 is 0 Å². The molecule has 1 aliphatic carbocycles. The quantitative estimate of drug-likeness (QED) is 0.160. The smallest absolute Gasteiger partial charge is 0.203 e. The maximum absolute atomic E-state index is 5.62. The summed E-state index contributed by atoms with van der Waals surface area (Å²) in [6, 6.07) is 21.2. The lowest BCUT2D eigenvalue weighted by molar-refractivity contribution is 0.324. The molecule has 0 atom stereocenters. The molecule has 0 unspecified atom stereocenters. The third-order valence-corrected chi connectivity index (χ3v) is 9.29. The van der Waals surface area contributed by atoms with E-state index < -0.39 is 0 Å². The maximum atomic E-state index is 5.62. The first kappa shape index (κ1) is 31.6. The molecule has 0 saturated heterocycles. The van der Waals surface area contributed by atoms with Gasteiger partial charge in [-0.25, -0.2) is 0 Å². The lowest BCUT2D eigenvalue weighted by atomic mass is 9.73. The van der Waals surface area contributed by atoms with Gasteiger partial charge in [0.25, 0.3) is 0 Å². The van der Waals surface area contributed by atoms with Gasteiger partial charge in [-0.1, -0.05) is 51.3 Å². The summed E-state index contributed by atoms with van der Waals surface area (Å²) < 4.78 is 33.5. The number of hydrogen-bond acceptors (Lipinski definition) is 6. The van der Waals surface area contributed by atoms with E-state index in [1.54, 1.807) is 42.7 Å². The van der Waals surface area contributed by atoms with Gasteiger partial charge >= 0.3 is 0 Å². The Kier molecular flexibility index (Phi) is 8.87. The van der Waals surface area contributed by atoms with Crippen molar-refractivity contribution in [1.29, 1.82) is 0 Å². The summed E-state index contributed by atoms with van der Waals surface area (Å²) in [5, 5.41) is 0. The highest BCUT2D eigenvalue weighted by atomic mass is 16.5. The molecular formula is C39H42O6. The van der Waals surface area contributed by atoms with Crippen molar-refractivity contribution in [3.63, 3.8) is 0 Å². The van der Waals surface area contributed by atoms with E-state index in [2.05, 4.69) is 63.4 Å². The van der Waals surface area contributed by atoms with E-state index in [1.165, 1.54) is 22.3 Å². The molecule has 4 aromatic carbocycles. The highest BCUT2D eigenvalue weighted by Gasteiger charge is 2.41. The Morgan fingerprint density at radius 3 is 1.09 bits per heavy atom. The van der Waals surface area contributed by atoms with E-state index in [1.807, 2.05) is 24.3 Å². The highest BCUT2D eigenvalue weighted by Crippen LogP contribution is 2.54. The lowest BCUT2D eigenvalue weighted by Crippen LogP contribution is -2.23. The predicted molar refractivity (Wildman–Crippen MR) is 182 cm³/mol. The van der Waals surface area contributed by atoms with Gasteiger partial charge in [-0.3, -0.25) is 0 Å². The van der Waals surface area contributed by atoms with Gasteiger partial charge in [-0.2, -0.15) is 0 Å². The molecular weight excluding hydrogens is 564 g/mol. The Hall–Kier alpha value is -4.84. The number of benzene rings is 4. The van der Waals surface area contributed by atoms with Crippen molar-refractivity contribution >= 4 is 11.1 Å². The summed E-state index contributed by atoms with van der Waals surface area (Å²) in [5.41, 5.74) is 10.6. The number of rotatable bonds is 12. The molecule has 6 nitrogen and oxygen atoms in total. The summed E-state index contributed by atoms with van der Waals surface area (Å²) in [4.78, 5) is 0.